The Morgan fingerprint density at radius 3 is 2.62 bits per heavy atom. The minimum atomic E-state index is 0. The molecule has 0 radical (unpaired) electrons. The Kier molecular flexibility index (Phi) is 8.40. The third-order valence-corrected chi connectivity index (χ3v) is 3.75. The molecule has 1 saturated heterocycles. The Hall–Kier alpha value is -1.06. The first-order valence-corrected chi connectivity index (χ1v) is 7.78. The van der Waals surface area contributed by atoms with Gasteiger partial charge in [0.2, 0.25) is 0 Å². The lowest BCUT2D eigenvalue weighted by Crippen LogP contribution is -2.31. The summed E-state index contributed by atoms with van der Waals surface area (Å²) in [7, 11) is 0. The predicted octanol–water partition coefficient (Wildman–Crippen LogP) is 3.96. The van der Waals surface area contributed by atoms with Gasteiger partial charge < -0.3 is 9.64 Å². The van der Waals surface area contributed by atoms with Crippen LogP contribution in [0.3, 0.4) is 0 Å². The number of rotatable bonds is 7. The minimum absolute atomic E-state index is 0. The number of para-hydroxylation sites is 1. The van der Waals surface area contributed by atoms with Gasteiger partial charge in [-0.25, -0.2) is 0 Å². The smallest absolute Gasteiger partial charge is 0.167 e. The molecule has 0 amide bonds. The van der Waals surface area contributed by atoms with E-state index in [1.807, 2.05) is 24.3 Å². The minimum Gasteiger partial charge on any atom is -0.493 e. The Morgan fingerprint density at radius 2 is 1.90 bits per heavy atom. The summed E-state index contributed by atoms with van der Waals surface area (Å²) in [5, 5.41) is 0. The number of piperidine rings is 1. The number of hydrogen-bond acceptors (Lipinski definition) is 3. The number of ether oxygens (including phenoxy) is 1. The highest BCUT2D eigenvalue weighted by Crippen LogP contribution is 2.20. The van der Waals surface area contributed by atoms with Gasteiger partial charge in [-0.3, -0.25) is 4.79 Å². The summed E-state index contributed by atoms with van der Waals surface area (Å²) in [6.45, 7) is 5.89. The van der Waals surface area contributed by atoms with E-state index in [4.69, 9.17) is 4.74 Å². The third-order valence-electron chi connectivity index (χ3n) is 3.75. The van der Waals surface area contributed by atoms with Gasteiger partial charge in [0.1, 0.15) is 5.75 Å². The van der Waals surface area contributed by atoms with Gasteiger partial charge in [-0.2, -0.15) is 0 Å². The number of Topliss-reactive ketones (excluding diaryl/α,β-unsaturated/α-hetero) is 1. The van der Waals surface area contributed by atoms with E-state index in [0.717, 1.165) is 37.4 Å². The second-order valence-electron chi connectivity index (χ2n) is 5.42. The van der Waals surface area contributed by atoms with Gasteiger partial charge >= 0.3 is 0 Å². The molecule has 0 spiro atoms. The summed E-state index contributed by atoms with van der Waals surface area (Å²) < 4.78 is 5.66. The molecule has 1 heterocycles. The highest BCUT2D eigenvalue weighted by molar-refractivity contribution is 5.98. The fourth-order valence-electron chi connectivity index (χ4n) is 2.61. The molecule has 1 aliphatic heterocycles. The molecule has 1 aliphatic rings. The van der Waals surface area contributed by atoms with Crippen molar-refractivity contribution in [3.8, 4) is 5.75 Å². The van der Waals surface area contributed by atoms with E-state index in [0.29, 0.717) is 13.0 Å². The van der Waals surface area contributed by atoms with Crippen molar-refractivity contribution >= 4 is 18.2 Å². The van der Waals surface area contributed by atoms with Crippen molar-refractivity contribution in [2.24, 2.45) is 0 Å². The molecule has 21 heavy (non-hydrogen) atoms. The standard InChI is InChI=1S/C17H25NO2.ClH/c1-2-14-20-17-9-5-4-8-15(17)16(19)10-13-18-11-6-3-7-12-18;/h4-5,8-9H,2-3,6-7,10-14H2,1H3;1H. The van der Waals surface area contributed by atoms with Crippen molar-refractivity contribution in [1.29, 1.82) is 0 Å². The van der Waals surface area contributed by atoms with Crippen LogP contribution in [0, 0.1) is 0 Å². The summed E-state index contributed by atoms with van der Waals surface area (Å²) in [5.74, 6) is 0.931. The fourth-order valence-corrected chi connectivity index (χ4v) is 2.61. The van der Waals surface area contributed by atoms with E-state index in [1.165, 1.54) is 19.3 Å². The number of nitrogens with zero attached hydrogens (tertiary/aromatic N) is 1. The lowest BCUT2D eigenvalue weighted by atomic mass is 10.1. The maximum absolute atomic E-state index is 12.4. The Labute approximate surface area is 134 Å². The second-order valence-corrected chi connectivity index (χ2v) is 5.42. The number of carbonyl (C=O) groups excluding carboxylic acids is 1. The SMILES string of the molecule is CCCOc1ccccc1C(=O)CCN1CCCCC1.Cl. The topological polar surface area (TPSA) is 29.5 Å². The highest BCUT2D eigenvalue weighted by Gasteiger charge is 2.15. The second kappa shape index (κ2) is 9.80. The maximum atomic E-state index is 12.4. The third kappa shape index (κ3) is 5.68. The van der Waals surface area contributed by atoms with Crippen molar-refractivity contribution in [1.82, 2.24) is 4.90 Å². The lowest BCUT2D eigenvalue weighted by molar-refractivity contribution is 0.0954. The molecule has 0 N–H and O–H groups in total. The normalized spacial score (nSPS) is 15.3. The van der Waals surface area contributed by atoms with Crippen LogP contribution < -0.4 is 4.74 Å². The van der Waals surface area contributed by atoms with E-state index >= 15 is 0 Å². The molecule has 1 aromatic carbocycles. The van der Waals surface area contributed by atoms with Crippen molar-refractivity contribution < 1.29 is 9.53 Å². The van der Waals surface area contributed by atoms with E-state index in [1.54, 1.807) is 0 Å². The van der Waals surface area contributed by atoms with Crippen LogP contribution >= 0.6 is 12.4 Å². The first-order valence-electron chi connectivity index (χ1n) is 7.78. The monoisotopic (exact) mass is 311 g/mol. The molecule has 0 aliphatic carbocycles. The van der Waals surface area contributed by atoms with Crippen LogP contribution in [0.25, 0.3) is 0 Å². The highest BCUT2D eigenvalue weighted by atomic mass is 35.5. The number of likely N-dealkylation sites (tertiary alicyclic amines) is 1. The van der Waals surface area contributed by atoms with E-state index in [2.05, 4.69) is 11.8 Å². The molecule has 1 aromatic rings. The average Bonchev–Trinajstić information content (AvgIpc) is 2.52. The van der Waals surface area contributed by atoms with Crippen molar-refractivity contribution in [3.05, 3.63) is 29.8 Å². The van der Waals surface area contributed by atoms with Gasteiger partial charge in [0.15, 0.2) is 5.78 Å². The zero-order valence-electron chi connectivity index (χ0n) is 12.8. The number of halogens is 1. The molecule has 2 rings (SSSR count). The summed E-state index contributed by atoms with van der Waals surface area (Å²) in [6.07, 6.45) is 5.41. The largest absolute Gasteiger partial charge is 0.493 e. The maximum Gasteiger partial charge on any atom is 0.167 e. The fraction of sp³-hybridized carbons (Fsp3) is 0.588. The molecule has 1 fully saturated rings. The number of hydrogen-bond donors (Lipinski definition) is 0. The first-order chi connectivity index (χ1) is 9.81. The van der Waals surface area contributed by atoms with Crippen LogP contribution in [0.5, 0.6) is 5.75 Å². The van der Waals surface area contributed by atoms with Crippen LogP contribution in [-0.2, 0) is 0 Å². The summed E-state index contributed by atoms with van der Waals surface area (Å²) >= 11 is 0. The summed E-state index contributed by atoms with van der Waals surface area (Å²) in [4.78, 5) is 14.8. The molecule has 0 atom stereocenters. The van der Waals surface area contributed by atoms with Crippen LogP contribution in [0.1, 0.15) is 49.4 Å². The molecular weight excluding hydrogens is 286 g/mol. The Balaban J connectivity index is 0.00000220. The summed E-state index contributed by atoms with van der Waals surface area (Å²) in [5.41, 5.74) is 0.734. The van der Waals surface area contributed by atoms with Gasteiger partial charge in [0.05, 0.1) is 12.2 Å². The Morgan fingerprint density at radius 1 is 1.19 bits per heavy atom. The molecule has 0 bridgehead atoms. The summed E-state index contributed by atoms with van der Waals surface area (Å²) in [6, 6.07) is 7.60. The first kappa shape index (κ1) is 18.0. The molecule has 4 heteroatoms. The molecule has 0 saturated carbocycles. The average molecular weight is 312 g/mol. The number of carbonyl (C=O) groups is 1. The molecular formula is C17H26ClNO2. The van der Waals surface area contributed by atoms with Gasteiger partial charge in [0, 0.05) is 13.0 Å². The quantitative estimate of drug-likeness (QED) is 0.714. The van der Waals surface area contributed by atoms with E-state index < -0.39 is 0 Å². The van der Waals surface area contributed by atoms with Gasteiger partial charge in [-0.05, 0) is 44.5 Å². The van der Waals surface area contributed by atoms with Gasteiger partial charge in [-0.1, -0.05) is 25.5 Å². The zero-order chi connectivity index (χ0) is 14.2. The van der Waals surface area contributed by atoms with Gasteiger partial charge in [0.25, 0.3) is 0 Å². The molecule has 0 unspecified atom stereocenters. The Bertz CT molecular complexity index is 431. The molecule has 3 nitrogen and oxygen atoms in total. The van der Waals surface area contributed by atoms with Gasteiger partial charge in [-0.15, -0.1) is 12.4 Å². The number of benzene rings is 1. The zero-order valence-corrected chi connectivity index (χ0v) is 13.7. The van der Waals surface area contributed by atoms with Crippen LogP contribution in [0.4, 0.5) is 0 Å². The van der Waals surface area contributed by atoms with Crippen molar-refractivity contribution in [2.75, 3.05) is 26.2 Å². The van der Waals surface area contributed by atoms with E-state index in [9.17, 15) is 4.79 Å². The lowest BCUT2D eigenvalue weighted by Gasteiger charge is -2.26. The molecule has 0 aromatic heterocycles. The molecule has 118 valence electrons. The number of ketones is 1. The van der Waals surface area contributed by atoms with Crippen LogP contribution in [-0.4, -0.2) is 36.9 Å². The van der Waals surface area contributed by atoms with E-state index in [-0.39, 0.29) is 18.2 Å². The van der Waals surface area contributed by atoms with Crippen LogP contribution in [0.15, 0.2) is 24.3 Å². The predicted molar refractivity (Wildman–Crippen MR) is 88.7 cm³/mol. The van der Waals surface area contributed by atoms with Crippen molar-refractivity contribution in [2.45, 2.75) is 39.0 Å². The van der Waals surface area contributed by atoms with Crippen molar-refractivity contribution in [3.63, 3.8) is 0 Å². The van der Waals surface area contributed by atoms with Crippen LogP contribution in [0.2, 0.25) is 0 Å².